The molecule has 17 heavy (non-hydrogen) atoms. The fraction of sp³-hybridized carbons (Fsp3) is 0.462. The lowest BCUT2D eigenvalue weighted by Gasteiger charge is -2.14. The molecule has 1 amide bonds. The van der Waals surface area contributed by atoms with Crippen molar-refractivity contribution in [2.45, 2.75) is 33.2 Å². The molecule has 0 aliphatic heterocycles. The summed E-state index contributed by atoms with van der Waals surface area (Å²) in [4.78, 5) is 11.7. The van der Waals surface area contributed by atoms with Crippen LogP contribution in [0.3, 0.4) is 0 Å². The smallest absolute Gasteiger partial charge is 0.241 e. The lowest BCUT2D eigenvalue weighted by molar-refractivity contribution is -0.117. The largest absolute Gasteiger partial charge is 0.508 e. The number of aryl methyl sites for hydroxylation is 1. The Hall–Kier alpha value is -1.55. The second-order valence-electron chi connectivity index (χ2n) is 4.73. The third kappa shape index (κ3) is 4.07. The summed E-state index contributed by atoms with van der Waals surface area (Å²) in [6, 6.07) is 4.43. The van der Waals surface area contributed by atoms with Crippen LogP contribution >= 0.6 is 0 Å². The number of nitrogens with one attached hydrogen (secondary N) is 1. The number of nitrogens with two attached hydrogens (primary N) is 1. The summed E-state index contributed by atoms with van der Waals surface area (Å²) in [5, 5.41) is 12.1. The van der Waals surface area contributed by atoms with E-state index in [1.807, 2.05) is 13.8 Å². The second kappa shape index (κ2) is 5.68. The van der Waals surface area contributed by atoms with Gasteiger partial charge in [0.25, 0.3) is 0 Å². The highest BCUT2D eigenvalue weighted by atomic mass is 16.3. The first-order valence-corrected chi connectivity index (χ1v) is 5.76. The first kappa shape index (κ1) is 13.5. The van der Waals surface area contributed by atoms with Crippen molar-refractivity contribution < 1.29 is 9.90 Å². The number of carbonyl (C=O) groups is 1. The molecule has 4 N–H and O–H groups in total. The van der Waals surface area contributed by atoms with E-state index in [1.165, 1.54) is 0 Å². The molecule has 0 aliphatic carbocycles. The normalized spacial score (nSPS) is 12.5. The highest BCUT2D eigenvalue weighted by molar-refractivity contribution is 5.94. The first-order chi connectivity index (χ1) is 7.90. The summed E-state index contributed by atoms with van der Waals surface area (Å²) in [5.74, 6) is 0.413. The van der Waals surface area contributed by atoms with Crippen molar-refractivity contribution in [3.8, 4) is 5.75 Å². The molecule has 0 aliphatic rings. The van der Waals surface area contributed by atoms with Crippen LogP contribution in [0.25, 0.3) is 0 Å². The molecule has 0 saturated carbocycles. The van der Waals surface area contributed by atoms with Gasteiger partial charge >= 0.3 is 0 Å². The van der Waals surface area contributed by atoms with Crippen LogP contribution in [0.1, 0.15) is 25.8 Å². The Morgan fingerprint density at radius 2 is 2.12 bits per heavy atom. The molecular weight excluding hydrogens is 216 g/mol. The minimum atomic E-state index is -0.496. The number of carbonyl (C=O) groups excluding carboxylic acids is 1. The Balaban J connectivity index is 2.64. The number of rotatable bonds is 4. The molecule has 0 heterocycles. The van der Waals surface area contributed by atoms with Gasteiger partial charge in [0.2, 0.25) is 5.91 Å². The molecule has 1 rings (SSSR count). The molecule has 4 heteroatoms. The zero-order valence-electron chi connectivity index (χ0n) is 10.5. The van der Waals surface area contributed by atoms with E-state index in [0.29, 0.717) is 18.0 Å². The maximum absolute atomic E-state index is 11.7. The molecule has 0 unspecified atom stereocenters. The van der Waals surface area contributed by atoms with Gasteiger partial charge in [0.15, 0.2) is 0 Å². The Morgan fingerprint density at radius 3 is 2.65 bits per heavy atom. The fourth-order valence-corrected chi connectivity index (χ4v) is 1.58. The van der Waals surface area contributed by atoms with Crippen LogP contribution in [0.4, 0.5) is 5.69 Å². The molecular formula is C13H20N2O2. The lowest BCUT2D eigenvalue weighted by atomic mass is 10.0. The third-order valence-corrected chi connectivity index (χ3v) is 2.53. The number of phenols is 1. The fourth-order valence-electron chi connectivity index (χ4n) is 1.58. The lowest BCUT2D eigenvalue weighted by Crippen LogP contribution is -2.36. The third-order valence-electron chi connectivity index (χ3n) is 2.53. The van der Waals surface area contributed by atoms with E-state index < -0.39 is 6.04 Å². The van der Waals surface area contributed by atoms with Crippen molar-refractivity contribution in [1.82, 2.24) is 0 Å². The standard InChI is InChI=1S/C13H20N2O2/c1-8(2)6-11(14)13(17)15-10-4-5-12(16)9(3)7-10/h4-5,7-8,11,16H,6,14H2,1-3H3,(H,15,17)/t11-/m0/s1. The summed E-state index contributed by atoms with van der Waals surface area (Å²) in [6.45, 7) is 5.83. The Morgan fingerprint density at radius 1 is 1.47 bits per heavy atom. The zero-order chi connectivity index (χ0) is 13.0. The molecule has 1 aromatic rings. The minimum Gasteiger partial charge on any atom is -0.508 e. The summed E-state index contributed by atoms with van der Waals surface area (Å²) in [6.07, 6.45) is 0.656. The second-order valence-corrected chi connectivity index (χ2v) is 4.73. The summed E-state index contributed by atoms with van der Waals surface area (Å²) < 4.78 is 0. The predicted octanol–water partition coefficient (Wildman–Crippen LogP) is 2.01. The number of benzene rings is 1. The average Bonchev–Trinajstić information content (AvgIpc) is 2.22. The van der Waals surface area contributed by atoms with Crippen molar-refractivity contribution in [3.63, 3.8) is 0 Å². The molecule has 0 aromatic heterocycles. The van der Waals surface area contributed by atoms with Gasteiger partial charge in [-0.05, 0) is 43.0 Å². The van der Waals surface area contributed by atoms with Crippen LogP contribution in [0.2, 0.25) is 0 Å². The maximum Gasteiger partial charge on any atom is 0.241 e. The topological polar surface area (TPSA) is 75.4 Å². The first-order valence-electron chi connectivity index (χ1n) is 5.76. The van der Waals surface area contributed by atoms with Crippen molar-refractivity contribution in [3.05, 3.63) is 23.8 Å². The number of aromatic hydroxyl groups is 1. The average molecular weight is 236 g/mol. The number of hydrogen-bond donors (Lipinski definition) is 3. The van der Waals surface area contributed by atoms with Gasteiger partial charge in [-0.15, -0.1) is 0 Å². The number of amides is 1. The summed E-state index contributed by atoms with van der Waals surface area (Å²) in [5.41, 5.74) is 7.15. The molecule has 1 aromatic carbocycles. The highest BCUT2D eigenvalue weighted by Crippen LogP contribution is 2.20. The molecule has 1 atom stereocenters. The molecule has 94 valence electrons. The number of anilines is 1. The molecule has 0 spiro atoms. The van der Waals surface area contributed by atoms with E-state index in [9.17, 15) is 9.90 Å². The van der Waals surface area contributed by atoms with E-state index in [2.05, 4.69) is 5.32 Å². The van der Waals surface area contributed by atoms with Gasteiger partial charge in [-0.25, -0.2) is 0 Å². The monoisotopic (exact) mass is 236 g/mol. The predicted molar refractivity (Wildman–Crippen MR) is 68.9 cm³/mol. The van der Waals surface area contributed by atoms with E-state index in [1.54, 1.807) is 25.1 Å². The van der Waals surface area contributed by atoms with Crippen LogP contribution in [0.5, 0.6) is 5.75 Å². The molecule has 0 saturated heterocycles. The van der Waals surface area contributed by atoms with Crippen LogP contribution in [-0.2, 0) is 4.79 Å². The highest BCUT2D eigenvalue weighted by Gasteiger charge is 2.15. The van der Waals surface area contributed by atoms with Crippen molar-refractivity contribution in [1.29, 1.82) is 0 Å². The quantitative estimate of drug-likeness (QED) is 0.700. The number of phenolic OH excluding ortho intramolecular Hbond substituents is 1. The van der Waals surface area contributed by atoms with E-state index in [4.69, 9.17) is 5.73 Å². The van der Waals surface area contributed by atoms with Gasteiger partial charge in [-0.3, -0.25) is 4.79 Å². The molecule has 0 bridgehead atoms. The Bertz CT molecular complexity index is 402. The van der Waals surface area contributed by atoms with Crippen LogP contribution in [0, 0.1) is 12.8 Å². The summed E-state index contributed by atoms with van der Waals surface area (Å²) >= 11 is 0. The van der Waals surface area contributed by atoms with Crippen LogP contribution in [-0.4, -0.2) is 17.1 Å². The van der Waals surface area contributed by atoms with Crippen LogP contribution < -0.4 is 11.1 Å². The zero-order valence-corrected chi connectivity index (χ0v) is 10.5. The van der Waals surface area contributed by atoms with Crippen LogP contribution in [0.15, 0.2) is 18.2 Å². The summed E-state index contributed by atoms with van der Waals surface area (Å²) in [7, 11) is 0. The SMILES string of the molecule is Cc1cc(NC(=O)[C@@H](N)CC(C)C)ccc1O. The number of hydrogen-bond acceptors (Lipinski definition) is 3. The van der Waals surface area contributed by atoms with E-state index >= 15 is 0 Å². The maximum atomic E-state index is 11.7. The van der Waals surface area contributed by atoms with Crippen molar-refractivity contribution >= 4 is 11.6 Å². The molecule has 4 nitrogen and oxygen atoms in total. The van der Waals surface area contributed by atoms with E-state index in [0.717, 1.165) is 5.56 Å². The van der Waals surface area contributed by atoms with Gasteiger partial charge in [-0.1, -0.05) is 13.8 Å². The van der Waals surface area contributed by atoms with Gasteiger partial charge < -0.3 is 16.2 Å². The molecule has 0 fully saturated rings. The van der Waals surface area contributed by atoms with Crippen molar-refractivity contribution in [2.24, 2.45) is 11.7 Å². The van der Waals surface area contributed by atoms with Gasteiger partial charge in [-0.2, -0.15) is 0 Å². The van der Waals surface area contributed by atoms with Gasteiger partial charge in [0, 0.05) is 5.69 Å². The van der Waals surface area contributed by atoms with Crippen molar-refractivity contribution in [2.75, 3.05) is 5.32 Å². The minimum absolute atomic E-state index is 0.191. The van der Waals surface area contributed by atoms with Gasteiger partial charge in [0.05, 0.1) is 6.04 Å². The van der Waals surface area contributed by atoms with Gasteiger partial charge in [0.1, 0.15) is 5.75 Å². The Kier molecular flexibility index (Phi) is 4.52. The molecule has 0 radical (unpaired) electrons. The van der Waals surface area contributed by atoms with E-state index in [-0.39, 0.29) is 11.7 Å². The Labute approximate surface area is 102 Å².